The van der Waals surface area contributed by atoms with E-state index in [0.717, 1.165) is 24.8 Å². The van der Waals surface area contributed by atoms with Crippen molar-refractivity contribution in [2.24, 2.45) is 5.41 Å². The molecule has 2 unspecified atom stereocenters. The van der Waals surface area contributed by atoms with Crippen LogP contribution in [0.3, 0.4) is 0 Å². The molecule has 1 aliphatic rings. The number of amides is 1. The lowest BCUT2D eigenvalue weighted by molar-refractivity contribution is 0.0628. The van der Waals surface area contributed by atoms with Crippen molar-refractivity contribution in [3.63, 3.8) is 0 Å². The molecule has 1 aromatic carbocycles. The monoisotopic (exact) mass is 263 g/mol. The van der Waals surface area contributed by atoms with Gasteiger partial charge in [0.25, 0.3) is 0 Å². The van der Waals surface area contributed by atoms with Crippen LogP contribution in [0.15, 0.2) is 30.3 Å². The second-order valence-corrected chi connectivity index (χ2v) is 5.48. The van der Waals surface area contributed by atoms with Crippen molar-refractivity contribution in [3.8, 4) is 0 Å². The van der Waals surface area contributed by atoms with E-state index in [1.165, 1.54) is 0 Å². The third-order valence-corrected chi connectivity index (χ3v) is 3.88. The molecular weight excluding hydrogens is 242 g/mol. The largest absolute Gasteiger partial charge is 0.445 e. The topological polar surface area (TPSA) is 58.6 Å². The number of nitrogens with one attached hydrogen (secondary N) is 1. The lowest BCUT2D eigenvalue weighted by atomic mass is 9.86. The Bertz CT molecular complexity index is 421. The normalized spacial score (nSPS) is 26.1. The van der Waals surface area contributed by atoms with Gasteiger partial charge in [0.2, 0.25) is 0 Å². The van der Waals surface area contributed by atoms with Crippen LogP contribution in [-0.2, 0) is 11.3 Å². The minimum Gasteiger partial charge on any atom is -0.445 e. The molecule has 0 bridgehead atoms. The van der Waals surface area contributed by atoms with Gasteiger partial charge in [0.15, 0.2) is 0 Å². The summed E-state index contributed by atoms with van der Waals surface area (Å²) in [5, 5.41) is 12.6. The predicted octanol–water partition coefficient (Wildman–Crippen LogP) is 2.46. The zero-order chi connectivity index (χ0) is 13.7. The predicted molar refractivity (Wildman–Crippen MR) is 72.6 cm³/mol. The Hall–Kier alpha value is -1.55. The van der Waals surface area contributed by atoms with Crippen molar-refractivity contribution in [2.75, 3.05) is 6.54 Å². The Morgan fingerprint density at radius 2 is 2.21 bits per heavy atom. The molecule has 4 heteroatoms. The number of hydrogen-bond donors (Lipinski definition) is 2. The number of aliphatic hydroxyl groups is 1. The number of aliphatic hydroxyl groups excluding tert-OH is 1. The molecule has 0 spiro atoms. The van der Waals surface area contributed by atoms with Crippen LogP contribution >= 0.6 is 0 Å². The lowest BCUT2D eigenvalue weighted by Crippen LogP contribution is -2.40. The van der Waals surface area contributed by atoms with Crippen LogP contribution in [0.5, 0.6) is 0 Å². The number of ether oxygens (including phenoxy) is 1. The highest BCUT2D eigenvalue weighted by atomic mass is 16.5. The summed E-state index contributed by atoms with van der Waals surface area (Å²) in [7, 11) is 0. The van der Waals surface area contributed by atoms with Crippen LogP contribution in [0, 0.1) is 5.41 Å². The maximum Gasteiger partial charge on any atom is 0.407 e. The van der Waals surface area contributed by atoms with Crippen LogP contribution in [0.2, 0.25) is 0 Å². The summed E-state index contributed by atoms with van der Waals surface area (Å²) in [5.41, 5.74) is 0.746. The Labute approximate surface area is 113 Å². The second kappa shape index (κ2) is 6.06. The van der Waals surface area contributed by atoms with Crippen molar-refractivity contribution < 1.29 is 14.6 Å². The van der Waals surface area contributed by atoms with Crippen molar-refractivity contribution >= 4 is 6.09 Å². The number of alkyl carbamates (subject to hydrolysis) is 1. The molecule has 2 atom stereocenters. The first-order chi connectivity index (χ1) is 9.10. The van der Waals surface area contributed by atoms with E-state index in [-0.39, 0.29) is 18.1 Å². The highest BCUT2D eigenvalue weighted by Gasteiger charge is 2.37. The van der Waals surface area contributed by atoms with Crippen molar-refractivity contribution in [2.45, 2.75) is 38.9 Å². The molecule has 1 amide bonds. The molecule has 1 saturated carbocycles. The maximum absolute atomic E-state index is 11.6. The van der Waals surface area contributed by atoms with Gasteiger partial charge in [-0.05, 0) is 18.4 Å². The molecule has 0 aromatic heterocycles. The molecule has 1 aliphatic carbocycles. The molecule has 1 aromatic rings. The summed E-state index contributed by atoms with van der Waals surface area (Å²) in [6.45, 7) is 2.73. The molecule has 0 aliphatic heterocycles. The van der Waals surface area contributed by atoms with Gasteiger partial charge in [0, 0.05) is 12.0 Å². The van der Waals surface area contributed by atoms with Crippen LogP contribution in [0.1, 0.15) is 31.7 Å². The highest BCUT2D eigenvalue weighted by molar-refractivity contribution is 5.67. The average Bonchev–Trinajstić information content (AvgIpc) is 2.76. The van der Waals surface area contributed by atoms with Gasteiger partial charge in [0.1, 0.15) is 6.61 Å². The summed E-state index contributed by atoms with van der Waals surface area (Å²) in [6, 6.07) is 9.57. The Kier molecular flexibility index (Phi) is 4.43. The molecule has 0 radical (unpaired) electrons. The van der Waals surface area contributed by atoms with Gasteiger partial charge >= 0.3 is 6.09 Å². The smallest absolute Gasteiger partial charge is 0.407 e. The summed E-state index contributed by atoms with van der Waals surface area (Å²) < 4.78 is 5.14. The highest BCUT2D eigenvalue weighted by Crippen LogP contribution is 2.37. The van der Waals surface area contributed by atoms with Gasteiger partial charge in [0.05, 0.1) is 6.10 Å². The standard InChI is InChI=1S/C15H21NO3/c1-15(9-5-8-13(15)17)11-16-14(18)19-10-12-6-3-2-4-7-12/h2-4,6-7,13,17H,5,8-11H2,1H3,(H,16,18). The van der Waals surface area contributed by atoms with Crippen LogP contribution in [0.4, 0.5) is 4.79 Å². The van der Waals surface area contributed by atoms with Gasteiger partial charge in [-0.3, -0.25) is 0 Å². The van der Waals surface area contributed by atoms with E-state index in [1.54, 1.807) is 0 Å². The van der Waals surface area contributed by atoms with Crippen LogP contribution < -0.4 is 5.32 Å². The number of rotatable bonds is 4. The summed E-state index contributed by atoms with van der Waals surface area (Å²) in [5.74, 6) is 0. The second-order valence-electron chi connectivity index (χ2n) is 5.48. The average molecular weight is 263 g/mol. The van der Waals surface area contributed by atoms with Gasteiger partial charge < -0.3 is 15.2 Å². The third kappa shape index (κ3) is 3.70. The minimum atomic E-state index is -0.427. The zero-order valence-electron chi connectivity index (χ0n) is 11.3. The van der Waals surface area contributed by atoms with E-state index >= 15 is 0 Å². The summed E-state index contributed by atoms with van der Waals surface area (Å²) >= 11 is 0. The van der Waals surface area contributed by atoms with Gasteiger partial charge in [-0.15, -0.1) is 0 Å². The molecule has 104 valence electrons. The number of carbonyl (C=O) groups is 1. The Balaban J connectivity index is 1.73. The quantitative estimate of drug-likeness (QED) is 0.877. The molecule has 4 nitrogen and oxygen atoms in total. The fraction of sp³-hybridized carbons (Fsp3) is 0.533. The van der Waals surface area contributed by atoms with Crippen molar-refractivity contribution in [1.82, 2.24) is 5.32 Å². The van der Waals surface area contributed by atoms with E-state index in [2.05, 4.69) is 5.32 Å². The first kappa shape index (κ1) is 13.9. The van der Waals surface area contributed by atoms with Crippen molar-refractivity contribution in [1.29, 1.82) is 0 Å². The molecule has 0 saturated heterocycles. The van der Waals surface area contributed by atoms with Gasteiger partial charge in [-0.2, -0.15) is 0 Å². The Morgan fingerprint density at radius 3 is 2.84 bits per heavy atom. The fourth-order valence-electron chi connectivity index (χ4n) is 2.47. The maximum atomic E-state index is 11.6. The molecular formula is C15H21NO3. The first-order valence-electron chi connectivity index (χ1n) is 6.73. The van der Waals surface area contributed by atoms with Gasteiger partial charge in [-0.25, -0.2) is 4.79 Å². The lowest BCUT2D eigenvalue weighted by Gasteiger charge is -2.27. The van der Waals surface area contributed by atoms with E-state index < -0.39 is 6.09 Å². The van der Waals surface area contributed by atoms with E-state index in [0.29, 0.717) is 6.54 Å². The number of benzene rings is 1. The molecule has 2 rings (SSSR count). The number of hydrogen-bond acceptors (Lipinski definition) is 3. The zero-order valence-corrected chi connectivity index (χ0v) is 11.3. The van der Waals surface area contributed by atoms with E-state index in [9.17, 15) is 9.90 Å². The third-order valence-electron chi connectivity index (χ3n) is 3.88. The summed E-state index contributed by atoms with van der Waals surface area (Å²) in [6.07, 6.45) is 2.01. The SMILES string of the molecule is CC1(CNC(=O)OCc2ccccc2)CCCC1O. The summed E-state index contributed by atoms with van der Waals surface area (Å²) in [4.78, 5) is 11.6. The number of carbonyl (C=O) groups excluding carboxylic acids is 1. The first-order valence-corrected chi connectivity index (χ1v) is 6.73. The van der Waals surface area contributed by atoms with Crippen LogP contribution in [0.25, 0.3) is 0 Å². The molecule has 19 heavy (non-hydrogen) atoms. The minimum absolute atomic E-state index is 0.217. The molecule has 2 N–H and O–H groups in total. The van der Waals surface area contributed by atoms with E-state index in [1.807, 2.05) is 37.3 Å². The van der Waals surface area contributed by atoms with Gasteiger partial charge in [-0.1, -0.05) is 43.7 Å². The van der Waals surface area contributed by atoms with E-state index in [4.69, 9.17) is 4.74 Å². The molecule has 1 fully saturated rings. The molecule has 0 heterocycles. The Morgan fingerprint density at radius 1 is 1.47 bits per heavy atom. The fourth-order valence-corrected chi connectivity index (χ4v) is 2.47. The van der Waals surface area contributed by atoms with Crippen LogP contribution in [-0.4, -0.2) is 23.8 Å². The van der Waals surface area contributed by atoms with Crippen molar-refractivity contribution in [3.05, 3.63) is 35.9 Å².